The number of nitrogens with two attached hydrogens (primary N) is 1. The summed E-state index contributed by atoms with van der Waals surface area (Å²) in [4.78, 5) is 24.1. The monoisotopic (exact) mass is 513 g/mol. The number of hydrogen-bond donors (Lipinski definition) is 7. The predicted molar refractivity (Wildman–Crippen MR) is 135 cm³/mol. The van der Waals surface area contributed by atoms with Crippen molar-refractivity contribution in [2.24, 2.45) is 5.14 Å². The Kier molecular flexibility index (Phi) is 9.78. The first-order chi connectivity index (χ1) is 15.1. The smallest absolute Gasteiger partial charge is 0.245 e. The summed E-state index contributed by atoms with van der Waals surface area (Å²) in [6.07, 6.45) is -0.405. The van der Waals surface area contributed by atoms with Crippen LogP contribution in [0.4, 0.5) is 11.4 Å². The first kappa shape index (κ1) is 25.9. The van der Waals surface area contributed by atoms with Crippen LogP contribution in [0.25, 0.3) is 0 Å². The summed E-state index contributed by atoms with van der Waals surface area (Å²) < 4.78 is 22.5. The molecule has 6 N–H and O–H groups in total. The van der Waals surface area contributed by atoms with Crippen molar-refractivity contribution in [3.05, 3.63) is 54.1 Å². The third-order valence-electron chi connectivity index (χ3n) is 4.05. The van der Waals surface area contributed by atoms with Crippen LogP contribution in [-0.4, -0.2) is 30.6 Å². The number of thiocarbonyl (C=S) groups is 1. The van der Waals surface area contributed by atoms with Crippen molar-refractivity contribution >= 4 is 75.7 Å². The molecule has 0 aliphatic heterocycles. The van der Waals surface area contributed by atoms with E-state index in [-0.39, 0.29) is 28.6 Å². The fourth-order valence-electron chi connectivity index (χ4n) is 2.56. The Labute approximate surface area is 202 Å². The number of sulfonamides is 1. The minimum Gasteiger partial charge on any atom is -0.373 e. The fraction of sp³-hybridized carbons (Fsp3) is 0.211. The maximum Gasteiger partial charge on any atom is 0.245 e. The van der Waals surface area contributed by atoms with Crippen molar-refractivity contribution in [2.45, 2.75) is 28.9 Å². The lowest BCUT2D eigenvalue weighted by atomic mass is 10.2. The van der Waals surface area contributed by atoms with Gasteiger partial charge < -0.3 is 10.6 Å². The van der Waals surface area contributed by atoms with Crippen LogP contribution in [-0.2, 0) is 25.4 Å². The average Bonchev–Trinajstić information content (AvgIpc) is 2.72. The number of nitrogens with one attached hydrogen (secondary N) is 4. The van der Waals surface area contributed by atoms with Gasteiger partial charge in [0.1, 0.15) is 5.78 Å². The molecule has 0 saturated carbocycles. The van der Waals surface area contributed by atoms with Gasteiger partial charge in [-0.1, -0.05) is 18.2 Å². The maximum atomic E-state index is 12.1. The van der Waals surface area contributed by atoms with Gasteiger partial charge in [-0.3, -0.25) is 20.4 Å². The standard InChI is InChI=1S/C19H23N5O4S4/c20-32(27,28)15-7-5-13(6-8-15)21-18(30)10-14(25)9-17(26)23-24-19(31)22-16-4-2-1-3-12(16)11-29/h1-8,18,21,29-30H,9-11H2,(H,23,26)(H2,20,27,28)(H2,22,24,31). The van der Waals surface area contributed by atoms with Crippen LogP contribution in [0.15, 0.2) is 53.4 Å². The first-order valence-corrected chi connectivity index (χ1v) is 12.3. The molecule has 0 heterocycles. The Morgan fingerprint density at radius 2 is 1.72 bits per heavy atom. The second kappa shape index (κ2) is 12.1. The van der Waals surface area contributed by atoms with E-state index in [4.69, 9.17) is 17.4 Å². The summed E-state index contributed by atoms with van der Waals surface area (Å²) in [5.74, 6) is -0.390. The zero-order chi connectivity index (χ0) is 23.7. The van der Waals surface area contributed by atoms with Crippen LogP contribution in [0.2, 0.25) is 0 Å². The normalized spacial score (nSPS) is 11.8. The van der Waals surface area contributed by atoms with E-state index in [2.05, 4.69) is 46.7 Å². The Balaban J connectivity index is 1.75. The van der Waals surface area contributed by atoms with Gasteiger partial charge in [0.05, 0.1) is 16.7 Å². The number of benzene rings is 2. The Hall–Kier alpha value is -2.32. The van der Waals surface area contributed by atoms with Crippen LogP contribution < -0.4 is 26.6 Å². The summed E-state index contributed by atoms with van der Waals surface area (Å²) in [7, 11) is -3.78. The van der Waals surface area contributed by atoms with Crippen LogP contribution in [0.1, 0.15) is 18.4 Å². The van der Waals surface area contributed by atoms with Gasteiger partial charge in [0.25, 0.3) is 0 Å². The molecule has 0 aliphatic carbocycles. The number of anilines is 2. The van der Waals surface area contributed by atoms with E-state index in [1.54, 1.807) is 0 Å². The summed E-state index contributed by atoms with van der Waals surface area (Å²) in [5.41, 5.74) is 7.16. The molecule has 2 aromatic carbocycles. The number of carbonyl (C=O) groups excluding carboxylic acids is 2. The molecule has 2 aromatic rings. The van der Waals surface area contributed by atoms with Gasteiger partial charge in [0, 0.05) is 23.5 Å². The molecule has 9 nitrogen and oxygen atoms in total. The number of Topliss-reactive ketones (excluding diaryl/α,β-unsaturated/α-hetero) is 1. The Morgan fingerprint density at radius 3 is 2.34 bits per heavy atom. The number of thiol groups is 2. The molecule has 13 heteroatoms. The number of hydrazine groups is 1. The summed E-state index contributed by atoms with van der Waals surface area (Å²) >= 11 is 13.7. The summed E-state index contributed by atoms with van der Waals surface area (Å²) in [5, 5.41) is 10.5. The number of ketones is 1. The SMILES string of the molecule is NS(=O)(=O)c1ccc(NC(S)CC(=O)CC(=O)NNC(=S)Nc2ccccc2CS)cc1. The number of carbonyl (C=O) groups is 2. The van der Waals surface area contributed by atoms with Crippen molar-refractivity contribution in [3.8, 4) is 0 Å². The lowest BCUT2D eigenvalue weighted by Gasteiger charge is -2.15. The zero-order valence-corrected chi connectivity index (χ0v) is 20.2. The highest BCUT2D eigenvalue weighted by Crippen LogP contribution is 2.17. The molecule has 0 aromatic heterocycles. The molecule has 1 amide bonds. The Bertz CT molecular complexity index is 1080. The molecule has 0 fully saturated rings. The van der Waals surface area contributed by atoms with E-state index in [0.717, 1.165) is 11.3 Å². The van der Waals surface area contributed by atoms with Gasteiger partial charge in [0.2, 0.25) is 15.9 Å². The number of para-hydroxylation sites is 1. The van der Waals surface area contributed by atoms with Crippen molar-refractivity contribution in [3.63, 3.8) is 0 Å². The van der Waals surface area contributed by atoms with Gasteiger partial charge >= 0.3 is 0 Å². The van der Waals surface area contributed by atoms with E-state index < -0.39 is 21.3 Å². The second-order valence-electron chi connectivity index (χ2n) is 6.59. The number of hydrogen-bond acceptors (Lipinski definition) is 8. The molecule has 0 aliphatic rings. The van der Waals surface area contributed by atoms with Crippen LogP contribution >= 0.6 is 37.5 Å². The predicted octanol–water partition coefficient (Wildman–Crippen LogP) is 1.80. The molecule has 172 valence electrons. The molecule has 32 heavy (non-hydrogen) atoms. The molecule has 0 saturated heterocycles. The molecular weight excluding hydrogens is 491 g/mol. The third kappa shape index (κ3) is 8.67. The number of amides is 1. The van der Waals surface area contributed by atoms with Crippen molar-refractivity contribution in [1.29, 1.82) is 0 Å². The van der Waals surface area contributed by atoms with Crippen molar-refractivity contribution in [1.82, 2.24) is 10.9 Å². The van der Waals surface area contributed by atoms with Gasteiger partial charge in [-0.15, -0.1) is 0 Å². The van der Waals surface area contributed by atoms with E-state index in [1.165, 1.54) is 24.3 Å². The highest BCUT2D eigenvalue weighted by molar-refractivity contribution is 7.89. The molecular formula is C19H23N5O4S4. The van der Waals surface area contributed by atoms with Gasteiger partial charge in [-0.25, -0.2) is 13.6 Å². The second-order valence-corrected chi connectivity index (χ2v) is 9.50. The number of primary sulfonamides is 1. The van der Waals surface area contributed by atoms with Crippen molar-refractivity contribution < 1.29 is 18.0 Å². The lowest BCUT2D eigenvalue weighted by molar-refractivity contribution is -0.128. The quantitative estimate of drug-likeness (QED) is 0.0885. The highest BCUT2D eigenvalue weighted by atomic mass is 32.2. The maximum absolute atomic E-state index is 12.1. The first-order valence-electron chi connectivity index (χ1n) is 9.22. The third-order valence-corrected chi connectivity index (χ3v) is 5.83. The molecule has 1 unspecified atom stereocenters. The van der Waals surface area contributed by atoms with Crippen LogP contribution in [0, 0.1) is 0 Å². The molecule has 0 bridgehead atoms. The largest absolute Gasteiger partial charge is 0.373 e. The Morgan fingerprint density at radius 1 is 1.06 bits per heavy atom. The van der Waals surface area contributed by atoms with Gasteiger partial charge in [0.15, 0.2) is 5.11 Å². The lowest BCUT2D eigenvalue weighted by Crippen LogP contribution is -2.44. The van der Waals surface area contributed by atoms with Gasteiger partial charge in [-0.2, -0.15) is 25.3 Å². The summed E-state index contributed by atoms with van der Waals surface area (Å²) in [6.45, 7) is 0. The van der Waals surface area contributed by atoms with E-state index in [0.29, 0.717) is 11.4 Å². The summed E-state index contributed by atoms with van der Waals surface area (Å²) in [6, 6.07) is 13.1. The van der Waals surface area contributed by atoms with Crippen LogP contribution in [0.3, 0.4) is 0 Å². The topological polar surface area (TPSA) is 142 Å². The van der Waals surface area contributed by atoms with E-state index in [9.17, 15) is 18.0 Å². The average molecular weight is 514 g/mol. The zero-order valence-electron chi connectivity index (χ0n) is 16.7. The fourth-order valence-corrected chi connectivity index (χ4v) is 3.86. The molecule has 0 radical (unpaired) electrons. The number of rotatable bonds is 9. The van der Waals surface area contributed by atoms with Gasteiger partial charge in [-0.05, 0) is 48.1 Å². The van der Waals surface area contributed by atoms with Crippen molar-refractivity contribution in [2.75, 3.05) is 10.6 Å². The highest BCUT2D eigenvalue weighted by Gasteiger charge is 2.15. The van der Waals surface area contributed by atoms with E-state index in [1.807, 2.05) is 24.3 Å². The van der Waals surface area contributed by atoms with Crippen LogP contribution in [0.5, 0.6) is 0 Å². The molecule has 1 atom stereocenters. The molecule has 2 rings (SSSR count). The minimum atomic E-state index is -3.78. The minimum absolute atomic E-state index is 0.0273. The molecule has 0 spiro atoms. The van der Waals surface area contributed by atoms with E-state index >= 15 is 0 Å².